The summed E-state index contributed by atoms with van der Waals surface area (Å²) < 4.78 is 12.1. The molecule has 102 valence electrons. The monoisotopic (exact) mass is 282 g/mol. The fraction of sp³-hybridized carbons (Fsp3) is 0.333. The Morgan fingerprint density at radius 1 is 1.37 bits per heavy atom. The zero-order valence-corrected chi connectivity index (χ0v) is 11.7. The number of hydrogen-bond acceptors (Lipinski definition) is 5. The molecule has 0 unspecified atom stereocenters. The highest BCUT2D eigenvalue weighted by Crippen LogP contribution is 2.36. The van der Waals surface area contributed by atoms with Crippen LogP contribution in [0.2, 0.25) is 5.02 Å². The van der Waals surface area contributed by atoms with Crippen LogP contribution in [0, 0.1) is 0 Å². The number of hydrogen-bond donors (Lipinski definition) is 1. The van der Waals surface area contributed by atoms with E-state index in [2.05, 4.69) is 10.1 Å². The van der Waals surface area contributed by atoms with Crippen molar-refractivity contribution in [2.75, 3.05) is 20.0 Å². The summed E-state index contributed by atoms with van der Waals surface area (Å²) in [5.41, 5.74) is 8.53. The summed E-state index contributed by atoms with van der Waals surface area (Å²) >= 11 is 6.13. The van der Waals surface area contributed by atoms with Crippen LogP contribution in [0.1, 0.15) is 11.9 Å². The van der Waals surface area contributed by atoms with E-state index in [4.69, 9.17) is 26.8 Å². The van der Waals surface area contributed by atoms with E-state index in [0.717, 1.165) is 5.69 Å². The van der Waals surface area contributed by atoms with Gasteiger partial charge in [-0.05, 0) is 6.07 Å². The molecule has 0 amide bonds. The first-order valence-corrected chi connectivity index (χ1v) is 5.95. The van der Waals surface area contributed by atoms with Crippen molar-refractivity contribution in [1.29, 1.82) is 0 Å². The lowest BCUT2D eigenvalue weighted by Crippen LogP contribution is -2.10. The molecule has 0 saturated carbocycles. The van der Waals surface area contributed by atoms with Gasteiger partial charge >= 0.3 is 0 Å². The highest BCUT2D eigenvalue weighted by atomic mass is 35.5. The lowest BCUT2D eigenvalue weighted by Gasteiger charge is -2.18. The first-order valence-electron chi connectivity index (χ1n) is 5.58. The van der Waals surface area contributed by atoms with Crippen LogP contribution in [-0.2, 0) is 16.5 Å². The average molecular weight is 283 g/mol. The molecule has 6 nitrogen and oxygen atoms in total. The molecule has 0 aliphatic heterocycles. The Balaban J connectivity index is 2.60. The van der Waals surface area contributed by atoms with Crippen molar-refractivity contribution in [3.05, 3.63) is 29.0 Å². The molecule has 0 bridgehead atoms. The van der Waals surface area contributed by atoms with Crippen LogP contribution in [0.4, 0.5) is 5.69 Å². The summed E-state index contributed by atoms with van der Waals surface area (Å²) in [6.07, 6.45) is 2.57. The molecule has 2 heterocycles. The van der Waals surface area contributed by atoms with Gasteiger partial charge in [0.1, 0.15) is 5.69 Å². The number of methoxy groups -OCH3 is 2. The average Bonchev–Trinajstić information content (AvgIpc) is 2.81. The molecule has 2 N–H and O–H groups in total. The van der Waals surface area contributed by atoms with Crippen molar-refractivity contribution >= 4 is 17.3 Å². The van der Waals surface area contributed by atoms with Gasteiger partial charge in [0.15, 0.2) is 6.29 Å². The van der Waals surface area contributed by atoms with Crippen LogP contribution >= 0.6 is 11.6 Å². The summed E-state index contributed by atoms with van der Waals surface area (Å²) in [7, 11) is 4.86. The molecule has 2 rings (SSSR count). The maximum atomic E-state index is 6.15. The van der Waals surface area contributed by atoms with Crippen molar-refractivity contribution in [3.63, 3.8) is 0 Å². The Morgan fingerprint density at radius 3 is 2.58 bits per heavy atom. The van der Waals surface area contributed by atoms with Crippen LogP contribution in [0.25, 0.3) is 11.4 Å². The zero-order chi connectivity index (χ0) is 14.0. The molecule has 0 spiro atoms. The third-order valence-corrected chi connectivity index (χ3v) is 3.14. The maximum Gasteiger partial charge on any atom is 0.186 e. The highest BCUT2D eigenvalue weighted by molar-refractivity contribution is 6.31. The molecule has 2 aromatic rings. The van der Waals surface area contributed by atoms with Crippen molar-refractivity contribution in [3.8, 4) is 11.4 Å². The predicted molar refractivity (Wildman–Crippen MR) is 72.6 cm³/mol. The minimum absolute atomic E-state index is 0.400. The van der Waals surface area contributed by atoms with E-state index in [1.165, 1.54) is 20.4 Å². The third kappa shape index (κ3) is 2.42. The number of halogens is 1. The number of nitrogens with zero attached hydrogens (tertiary/aromatic N) is 3. The van der Waals surface area contributed by atoms with Gasteiger partial charge in [-0.3, -0.25) is 9.67 Å². The number of ether oxygens (including phenoxy) is 2. The second-order valence-electron chi connectivity index (χ2n) is 3.93. The second-order valence-corrected chi connectivity index (χ2v) is 4.33. The normalized spacial score (nSPS) is 11.2. The molecular formula is C12H15ClN4O2. The standard InChI is InChI=1S/C12H15ClN4O2/c1-17-8(4-5-16-17)11-10(14)9(7(13)6-15-11)12(18-2)19-3/h4-6,12H,14H2,1-3H3. The van der Waals surface area contributed by atoms with E-state index in [1.54, 1.807) is 10.9 Å². The number of nitrogen functional groups attached to an aromatic ring is 1. The lowest BCUT2D eigenvalue weighted by molar-refractivity contribution is -0.105. The second kappa shape index (κ2) is 5.56. The largest absolute Gasteiger partial charge is 0.396 e. The maximum absolute atomic E-state index is 6.15. The van der Waals surface area contributed by atoms with Gasteiger partial charge in [0.2, 0.25) is 0 Å². The van der Waals surface area contributed by atoms with Gasteiger partial charge < -0.3 is 15.2 Å². The van der Waals surface area contributed by atoms with Gasteiger partial charge in [-0.2, -0.15) is 5.10 Å². The molecule has 2 aromatic heterocycles. The Morgan fingerprint density at radius 2 is 2.05 bits per heavy atom. The van der Waals surface area contributed by atoms with Crippen LogP contribution in [0.3, 0.4) is 0 Å². The van der Waals surface area contributed by atoms with E-state index in [-0.39, 0.29) is 0 Å². The van der Waals surface area contributed by atoms with Crippen LogP contribution in [0.5, 0.6) is 0 Å². The lowest BCUT2D eigenvalue weighted by atomic mass is 10.1. The molecule has 0 aliphatic rings. The summed E-state index contributed by atoms with van der Waals surface area (Å²) in [6.45, 7) is 0. The number of anilines is 1. The van der Waals surface area contributed by atoms with Crippen LogP contribution in [0.15, 0.2) is 18.5 Å². The van der Waals surface area contributed by atoms with Crippen molar-refractivity contribution in [1.82, 2.24) is 14.8 Å². The quantitative estimate of drug-likeness (QED) is 0.868. The van der Waals surface area contributed by atoms with Gasteiger partial charge in [-0.25, -0.2) is 0 Å². The van der Waals surface area contributed by atoms with Gasteiger partial charge in [0.25, 0.3) is 0 Å². The van der Waals surface area contributed by atoms with Gasteiger partial charge in [0, 0.05) is 33.7 Å². The van der Waals surface area contributed by atoms with Gasteiger partial charge in [-0.1, -0.05) is 11.6 Å². The summed E-state index contributed by atoms with van der Waals surface area (Å²) in [5.74, 6) is 0. The SMILES string of the molecule is COC(OC)c1c(Cl)cnc(-c2ccnn2C)c1N. The van der Waals surface area contributed by atoms with Crippen molar-refractivity contribution < 1.29 is 9.47 Å². The van der Waals surface area contributed by atoms with Gasteiger partial charge in [-0.15, -0.1) is 0 Å². The van der Waals surface area contributed by atoms with E-state index in [9.17, 15) is 0 Å². The number of aryl methyl sites for hydroxylation is 1. The minimum atomic E-state index is -0.637. The topological polar surface area (TPSA) is 75.2 Å². The smallest absolute Gasteiger partial charge is 0.186 e. The summed E-state index contributed by atoms with van der Waals surface area (Å²) in [4.78, 5) is 4.26. The third-order valence-electron chi connectivity index (χ3n) is 2.84. The van der Waals surface area contributed by atoms with E-state index >= 15 is 0 Å². The highest BCUT2D eigenvalue weighted by Gasteiger charge is 2.21. The zero-order valence-electron chi connectivity index (χ0n) is 10.9. The fourth-order valence-electron chi connectivity index (χ4n) is 1.90. The molecular weight excluding hydrogens is 268 g/mol. The Hall–Kier alpha value is -1.63. The Labute approximate surface area is 116 Å². The minimum Gasteiger partial charge on any atom is -0.396 e. The first kappa shape index (κ1) is 13.8. The molecule has 0 aromatic carbocycles. The molecule has 7 heteroatoms. The Kier molecular flexibility index (Phi) is 4.04. The molecule has 0 atom stereocenters. The predicted octanol–water partition coefficient (Wildman–Crippen LogP) is 2.01. The van der Waals surface area contributed by atoms with E-state index < -0.39 is 6.29 Å². The van der Waals surface area contributed by atoms with E-state index in [0.29, 0.717) is 22.0 Å². The number of pyridine rings is 1. The number of aromatic nitrogens is 3. The van der Waals surface area contributed by atoms with Crippen LogP contribution in [-0.4, -0.2) is 29.0 Å². The van der Waals surface area contributed by atoms with Crippen LogP contribution < -0.4 is 5.73 Å². The molecule has 0 aliphatic carbocycles. The first-order chi connectivity index (χ1) is 9.10. The summed E-state index contributed by atoms with van der Waals surface area (Å²) in [6, 6.07) is 1.82. The van der Waals surface area contributed by atoms with E-state index in [1.807, 2.05) is 13.1 Å². The van der Waals surface area contributed by atoms with Crippen molar-refractivity contribution in [2.24, 2.45) is 7.05 Å². The molecule has 0 saturated heterocycles. The van der Waals surface area contributed by atoms with Gasteiger partial charge in [0.05, 0.1) is 22.0 Å². The Bertz CT molecular complexity index is 581. The molecule has 0 radical (unpaired) electrons. The summed E-state index contributed by atoms with van der Waals surface area (Å²) in [5, 5.41) is 4.50. The molecule has 0 fully saturated rings. The number of nitrogens with two attached hydrogens (primary N) is 1. The fourth-order valence-corrected chi connectivity index (χ4v) is 2.14. The van der Waals surface area contributed by atoms with Crippen molar-refractivity contribution in [2.45, 2.75) is 6.29 Å². The molecule has 19 heavy (non-hydrogen) atoms. The number of rotatable bonds is 4.